The molecule has 1 fully saturated rings. The number of pyridine rings is 1. The van der Waals surface area contributed by atoms with Crippen LogP contribution in [0, 0.1) is 11.7 Å². The molecule has 0 spiro atoms. The second kappa shape index (κ2) is 7.92. The van der Waals surface area contributed by atoms with Crippen LogP contribution >= 0.6 is 0 Å². The van der Waals surface area contributed by atoms with E-state index in [0.717, 1.165) is 30.4 Å². The first-order valence-electron chi connectivity index (χ1n) is 8.56. The summed E-state index contributed by atoms with van der Waals surface area (Å²) in [7, 11) is 0. The van der Waals surface area contributed by atoms with E-state index in [0.29, 0.717) is 5.69 Å². The molecule has 0 aliphatic carbocycles. The summed E-state index contributed by atoms with van der Waals surface area (Å²) in [6.45, 7) is 4.34. The molecule has 25 heavy (non-hydrogen) atoms. The van der Waals surface area contributed by atoms with E-state index in [9.17, 15) is 9.18 Å². The highest BCUT2D eigenvalue weighted by Gasteiger charge is 2.16. The Morgan fingerprint density at radius 1 is 1.20 bits per heavy atom. The van der Waals surface area contributed by atoms with Gasteiger partial charge >= 0.3 is 0 Å². The molecule has 1 aliphatic rings. The fraction of sp³-hybridized carbons (Fsp3) is 0.300. The first-order valence-corrected chi connectivity index (χ1v) is 8.56. The highest BCUT2D eigenvalue weighted by atomic mass is 19.1. The Balaban J connectivity index is 1.55. The number of benzene rings is 1. The van der Waals surface area contributed by atoms with Crippen molar-refractivity contribution in [3.63, 3.8) is 0 Å². The van der Waals surface area contributed by atoms with Crippen LogP contribution in [0.2, 0.25) is 0 Å². The Kier molecular flexibility index (Phi) is 5.43. The van der Waals surface area contributed by atoms with Gasteiger partial charge in [0, 0.05) is 19.2 Å². The summed E-state index contributed by atoms with van der Waals surface area (Å²) in [6.07, 6.45) is 7.12. The number of hydrogen-bond donors (Lipinski definition) is 1. The Bertz CT molecular complexity index is 733. The molecule has 0 unspecified atom stereocenters. The maximum Gasteiger partial charge on any atom is 0.248 e. The van der Waals surface area contributed by atoms with E-state index in [1.807, 2.05) is 12.1 Å². The highest BCUT2D eigenvalue weighted by molar-refractivity contribution is 6.01. The minimum Gasteiger partial charge on any atom is -0.357 e. The van der Waals surface area contributed by atoms with Gasteiger partial charge in [0.2, 0.25) is 5.91 Å². The SMILES string of the molecule is CC1CCN(c2ccc(NC(=O)/C=C/c3ccc(F)cc3)cn2)CC1. The first-order chi connectivity index (χ1) is 12.1. The fourth-order valence-electron chi connectivity index (χ4n) is 2.81. The van der Waals surface area contributed by atoms with Crippen LogP contribution in [0.3, 0.4) is 0 Å². The Morgan fingerprint density at radius 2 is 1.92 bits per heavy atom. The van der Waals surface area contributed by atoms with E-state index in [2.05, 4.69) is 22.1 Å². The zero-order valence-electron chi connectivity index (χ0n) is 14.3. The van der Waals surface area contributed by atoms with Crippen LogP contribution in [0.5, 0.6) is 0 Å². The number of carbonyl (C=O) groups excluding carboxylic acids is 1. The zero-order chi connectivity index (χ0) is 17.6. The largest absolute Gasteiger partial charge is 0.357 e. The van der Waals surface area contributed by atoms with Crippen molar-refractivity contribution in [3.8, 4) is 0 Å². The van der Waals surface area contributed by atoms with Gasteiger partial charge in [-0.25, -0.2) is 9.37 Å². The molecule has 1 amide bonds. The van der Waals surface area contributed by atoms with E-state index in [-0.39, 0.29) is 11.7 Å². The smallest absolute Gasteiger partial charge is 0.248 e. The maximum absolute atomic E-state index is 12.8. The van der Waals surface area contributed by atoms with Crippen molar-refractivity contribution >= 4 is 23.5 Å². The van der Waals surface area contributed by atoms with Crippen molar-refractivity contribution in [2.45, 2.75) is 19.8 Å². The molecule has 1 N–H and O–H groups in total. The maximum atomic E-state index is 12.8. The number of carbonyl (C=O) groups is 1. The molecule has 1 aliphatic heterocycles. The number of nitrogens with one attached hydrogen (secondary N) is 1. The van der Waals surface area contributed by atoms with Crippen LogP contribution in [-0.2, 0) is 4.79 Å². The van der Waals surface area contributed by atoms with Crippen molar-refractivity contribution in [1.82, 2.24) is 4.98 Å². The van der Waals surface area contributed by atoms with E-state index >= 15 is 0 Å². The zero-order valence-corrected chi connectivity index (χ0v) is 14.3. The number of hydrogen-bond acceptors (Lipinski definition) is 3. The monoisotopic (exact) mass is 339 g/mol. The molecule has 1 aromatic heterocycles. The summed E-state index contributed by atoms with van der Waals surface area (Å²) < 4.78 is 12.8. The summed E-state index contributed by atoms with van der Waals surface area (Å²) in [5.41, 5.74) is 1.42. The third-order valence-electron chi connectivity index (χ3n) is 4.42. The summed E-state index contributed by atoms with van der Waals surface area (Å²) in [5.74, 6) is 1.19. The average molecular weight is 339 g/mol. The van der Waals surface area contributed by atoms with E-state index < -0.39 is 0 Å². The number of rotatable bonds is 4. The average Bonchev–Trinajstić information content (AvgIpc) is 2.63. The normalized spacial score (nSPS) is 15.5. The molecule has 0 saturated carbocycles. The van der Waals surface area contributed by atoms with Gasteiger partial charge in [0.1, 0.15) is 11.6 Å². The van der Waals surface area contributed by atoms with Gasteiger partial charge in [-0.15, -0.1) is 0 Å². The van der Waals surface area contributed by atoms with E-state index in [1.165, 1.54) is 31.1 Å². The predicted octanol–water partition coefficient (Wildman–Crippen LogP) is 4.11. The standard InChI is InChI=1S/C20H22FN3O/c1-15-10-12-24(13-11-15)19-8-7-18(14-22-19)23-20(25)9-4-16-2-5-17(21)6-3-16/h2-9,14-15H,10-13H2,1H3,(H,23,25)/b9-4+. The molecular weight excluding hydrogens is 317 g/mol. The molecule has 2 aromatic rings. The first kappa shape index (κ1) is 17.1. The molecule has 4 nitrogen and oxygen atoms in total. The van der Waals surface area contributed by atoms with Crippen molar-refractivity contribution in [1.29, 1.82) is 0 Å². The second-order valence-corrected chi connectivity index (χ2v) is 6.45. The van der Waals surface area contributed by atoms with Crippen molar-refractivity contribution in [2.24, 2.45) is 5.92 Å². The fourth-order valence-corrected chi connectivity index (χ4v) is 2.81. The molecule has 5 heteroatoms. The predicted molar refractivity (Wildman–Crippen MR) is 98.9 cm³/mol. The minimum absolute atomic E-state index is 0.245. The highest BCUT2D eigenvalue weighted by Crippen LogP contribution is 2.22. The van der Waals surface area contributed by atoms with Crippen LogP contribution in [0.4, 0.5) is 15.9 Å². The lowest BCUT2D eigenvalue weighted by Crippen LogP contribution is -2.33. The van der Waals surface area contributed by atoms with Crippen molar-refractivity contribution < 1.29 is 9.18 Å². The second-order valence-electron chi connectivity index (χ2n) is 6.45. The van der Waals surface area contributed by atoms with E-state index in [4.69, 9.17) is 0 Å². The lowest BCUT2D eigenvalue weighted by Gasteiger charge is -2.31. The lowest BCUT2D eigenvalue weighted by molar-refractivity contribution is -0.111. The molecule has 130 valence electrons. The number of aromatic nitrogens is 1. The molecule has 1 saturated heterocycles. The molecule has 0 atom stereocenters. The molecule has 1 aromatic carbocycles. The summed E-state index contributed by atoms with van der Waals surface area (Å²) in [6, 6.07) is 9.77. The van der Waals surface area contributed by atoms with Crippen LogP contribution in [0.15, 0.2) is 48.7 Å². The molecule has 0 radical (unpaired) electrons. The third-order valence-corrected chi connectivity index (χ3v) is 4.42. The van der Waals surface area contributed by atoms with Gasteiger partial charge in [0.15, 0.2) is 0 Å². The number of amides is 1. The third kappa shape index (κ3) is 4.89. The molecule has 0 bridgehead atoms. The minimum atomic E-state index is -0.295. The van der Waals surface area contributed by atoms with Crippen LogP contribution in [0.1, 0.15) is 25.3 Å². The molecular formula is C20H22FN3O. The van der Waals surface area contributed by atoms with Gasteiger partial charge in [-0.05, 0) is 54.7 Å². The van der Waals surface area contributed by atoms with Gasteiger partial charge in [-0.2, -0.15) is 0 Å². The van der Waals surface area contributed by atoms with Gasteiger partial charge in [-0.1, -0.05) is 19.1 Å². The topological polar surface area (TPSA) is 45.2 Å². The van der Waals surface area contributed by atoms with Gasteiger partial charge in [0.25, 0.3) is 0 Å². The molecule has 3 rings (SSSR count). The van der Waals surface area contributed by atoms with Gasteiger partial charge in [0.05, 0.1) is 11.9 Å². The van der Waals surface area contributed by atoms with Crippen molar-refractivity contribution in [3.05, 3.63) is 60.1 Å². The summed E-state index contributed by atoms with van der Waals surface area (Å²) in [4.78, 5) is 18.7. The molecule has 2 heterocycles. The number of nitrogens with zero attached hydrogens (tertiary/aromatic N) is 2. The number of piperidine rings is 1. The van der Waals surface area contributed by atoms with Gasteiger partial charge < -0.3 is 10.2 Å². The van der Waals surface area contributed by atoms with Crippen molar-refractivity contribution in [2.75, 3.05) is 23.3 Å². The van der Waals surface area contributed by atoms with Crippen LogP contribution in [0.25, 0.3) is 6.08 Å². The summed E-state index contributed by atoms with van der Waals surface area (Å²) in [5, 5.41) is 2.78. The number of halogens is 1. The van der Waals surface area contributed by atoms with Gasteiger partial charge in [-0.3, -0.25) is 4.79 Å². The van der Waals surface area contributed by atoms with Crippen LogP contribution < -0.4 is 10.2 Å². The Morgan fingerprint density at radius 3 is 2.56 bits per heavy atom. The Labute approximate surface area is 147 Å². The quantitative estimate of drug-likeness (QED) is 0.853. The summed E-state index contributed by atoms with van der Waals surface area (Å²) >= 11 is 0. The number of anilines is 2. The Hall–Kier alpha value is -2.69. The van der Waals surface area contributed by atoms with E-state index in [1.54, 1.807) is 24.4 Å². The lowest BCUT2D eigenvalue weighted by atomic mass is 9.99. The van der Waals surface area contributed by atoms with Crippen LogP contribution in [-0.4, -0.2) is 24.0 Å².